The first-order valence-corrected chi connectivity index (χ1v) is 6.56. The van der Waals surface area contributed by atoms with Crippen LogP contribution in [0.25, 0.3) is 0 Å². The molecule has 1 aromatic rings. The Morgan fingerprint density at radius 3 is 3.19 bits per heavy atom. The highest BCUT2D eigenvalue weighted by Gasteiger charge is 2.18. The second-order valence-corrected chi connectivity index (χ2v) is 5.28. The van der Waals surface area contributed by atoms with Gasteiger partial charge in [-0.2, -0.15) is 0 Å². The standard InChI is InChI=1S/C12H17N3S/c1-3-4-10-7-14-12(16-10)15-11-8-13-6-5-9(11)2/h5-6,8,10H,3-4,7H2,1-2H3,(H,14,15). The summed E-state index contributed by atoms with van der Waals surface area (Å²) in [7, 11) is 0. The zero-order valence-electron chi connectivity index (χ0n) is 9.73. The minimum atomic E-state index is 0.657. The maximum Gasteiger partial charge on any atom is 0.161 e. The van der Waals surface area contributed by atoms with Gasteiger partial charge < -0.3 is 5.32 Å². The smallest absolute Gasteiger partial charge is 0.161 e. The van der Waals surface area contributed by atoms with Crippen molar-refractivity contribution in [2.45, 2.75) is 31.9 Å². The molecule has 0 aliphatic carbocycles. The molecule has 1 N–H and O–H groups in total. The largest absolute Gasteiger partial charge is 0.333 e. The molecule has 1 aliphatic heterocycles. The molecule has 86 valence electrons. The number of nitrogens with zero attached hydrogens (tertiary/aromatic N) is 2. The third-order valence-corrected chi connectivity index (χ3v) is 3.78. The topological polar surface area (TPSA) is 37.3 Å². The molecule has 2 heterocycles. The van der Waals surface area contributed by atoms with Crippen LogP contribution in [0.2, 0.25) is 0 Å². The van der Waals surface area contributed by atoms with Crippen LogP contribution in [0.15, 0.2) is 23.5 Å². The fraction of sp³-hybridized carbons (Fsp3) is 0.500. The van der Waals surface area contributed by atoms with Crippen molar-refractivity contribution in [2.75, 3.05) is 11.9 Å². The molecular formula is C12H17N3S. The Morgan fingerprint density at radius 1 is 1.56 bits per heavy atom. The summed E-state index contributed by atoms with van der Waals surface area (Å²) in [6.07, 6.45) is 6.13. The van der Waals surface area contributed by atoms with Crippen molar-refractivity contribution in [3.63, 3.8) is 0 Å². The maximum atomic E-state index is 4.51. The molecule has 4 heteroatoms. The van der Waals surface area contributed by atoms with Gasteiger partial charge in [-0.05, 0) is 25.0 Å². The summed E-state index contributed by atoms with van der Waals surface area (Å²) in [4.78, 5) is 8.63. The van der Waals surface area contributed by atoms with Gasteiger partial charge >= 0.3 is 0 Å². The summed E-state index contributed by atoms with van der Waals surface area (Å²) in [5.74, 6) is 0. The molecule has 1 aliphatic rings. The van der Waals surface area contributed by atoms with Crippen molar-refractivity contribution in [3.05, 3.63) is 24.0 Å². The lowest BCUT2D eigenvalue weighted by molar-refractivity contribution is 0.754. The average Bonchev–Trinajstić information content (AvgIpc) is 2.70. The van der Waals surface area contributed by atoms with Crippen LogP contribution in [0.3, 0.4) is 0 Å². The minimum absolute atomic E-state index is 0.657. The summed E-state index contributed by atoms with van der Waals surface area (Å²) in [6.45, 7) is 5.24. The predicted molar refractivity (Wildman–Crippen MR) is 71.2 cm³/mol. The van der Waals surface area contributed by atoms with E-state index in [4.69, 9.17) is 0 Å². The van der Waals surface area contributed by atoms with Gasteiger partial charge in [-0.15, -0.1) is 0 Å². The Morgan fingerprint density at radius 2 is 2.44 bits per heavy atom. The van der Waals surface area contributed by atoms with E-state index in [2.05, 4.69) is 29.1 Å². The molecule has 0 radical (unpaired) electrons. The van der Waals surface area contributed by atoms with E-state index in [9.17, 15) is 0 Å². The third-order valence-electron chi connectivity index (χ3n) is 2.61. The molecular weight excluding hydrogens is 218 g/mol. The molecule has 1 aromatic heterocycles. The first-order valence-electron chi connectivity index (χ1n) is 5.68. The summed E-state index contributed by atoms with van der Waals surface area (Å²) in [5, 5.41) is 5.04. The lowest BCUT2D eigenvalue weighted by Gasteiger charge is -2.09. The molecule has 0 fully saturated rings. The molecule has 0 aromatic carbocycles. The molecule has 0 spiro atoms. The van der Waals surface area contributed by atoms with Crippen LogP contribution in [0.1, 0.15) is 25.3 Å². The van der Waals surface area contributed by atoms with E-state index < -0.39 is 0 Å². The van der Waals surface area contributed by atoms with Crippen molar-refractivity contribution in [1.29, 1.82) is 0 Å². The number of hydrogen-bond donors (Lipinski definition) is 1. The highest BCUT2D eigenvalue weighted by molar-refractivity contribution is 8.15. The molecule has 3 nitrogen and oxygen atoms in total. The van der Waals surface area contributed by atoms with Crippen LogP contribution in [0.5, 0.6) is 0 Å². The lowest BCUT2D eigenvalue weighted by Crippen LogP contribution is -2.08. The molecule has 0 amide bonds. The summed E-state index contributed by atoms with van der Waals surface area (Å²) < 4.78 is 0. The van der Waals surface area contributed by atoms with Gasteiger partial charge in [0, 0.05) is 11.4 Å². The van der Waals surface area contributed by atoms with Gasteiger partial charge in [0.1, 0.15) is 0 Å². The highest BCUT2D eigenvalue weighted by Crippen LogP contribution is 2.26. The molecule has 2 rings (SSSR count). The van der Waals surface area contributed by atoms with Gasteiger partial charge in [0.15, 0.2) is 5.17 Å². The quantitative estimate of drug-likeness (QED) is 0.875. The number of pyridine rings is 1. The van der Waals surface area contributed by atoms with Crippen molar-refractivity contribution < 1.29 is 0 Å². The predicted octanol–water partition coefficient (Wildman–Crippen LogP) is 3.07. The average molecular weight is 235 g/mol. The molecule has 1 atom stereocenters. The van der Waals surface area contributed by atoms with Crippen LogP contribution in [0.4, 0.5) is 5.69 Å². The van der Waals surface area contributed by atoms with Crippen LogP contribution >= 0.6 is 11.8 Å². The lowest BCUT2D eigenvalue weighted by atomic mass is 10.2. The first kappa shape index (κ1) is 11.5. The number of rotatable bonds is 3. The minimum Gasteiger partial charge on any atom is -0.333 e. The number of amidine groups is 1. The highest BCUT2D eigenvalue weighted by atomic mass is 32.2. The normalized spacial score (nSPS) is 19.6. The summed E-state index contributed by atoms with van der Waals surface area (Å²) in [6, 6.07) is 2.01. The summed E-state index contributed by atoms with van der Waals surface area (Å²) >= 11 is 1.85. The molecule has 0 bridgehead atoms. The fourth-order valence-corrected chi connectivity index (χ4v) is 2.80. The summed E-state index contributed by atoms with van der Waals surface area (Å²) in [5.41, 5.74) is 2.27. The van der Waals surface area contributed by atoms with Crippen LogP contribution in [0, 0.1) is 6.92 Å². The van der Waals surface area contributed by atoms with Gasteiger partial charge in [0.05, 0.1) is 18.4 Å². The van der Waals surface area contributed by atoms with Gasteiger partial charge in [-0.25, -0.2) is 0 Å². The van der Waals surface area contributed by atoms with E-state index in [1.54, 1.807) is 0 Å². The first-order chi connectivity index (χ1) is 7.79. The zero-order valence-corrected chi connectivity index (χ0v) is 10.5. The number of nitrogens with one attached hydrogen (secondary N) is 1. The van der Waals surface area contributed by atoms with Gasteiger partial charge in [0.25, 0.3) is 0 Å². The third kappa shape index (κ3) is 2.76. The second-order valence-electron chi connectivity index (χ2n) is 3.99. The van der Waals surface area contributed by atoms with Gasteiger partial charge in [0.2, 0.25) is 0 Å². The van der Waals surface area contributed by atoms with Crippen molar-refractivity contribution in [2.24, 2.45) is 4.99 Å². The molecule has 16 heavy (non-hydrogen) atoms. The Bertz CT molecular complexity index is 390. The number of hydrogen-bond acceptors (Lipinski definition) is 4. The van der Waals surface area contributed by atoms with Crippen molar-refractivity contribution in [1.82, 2.24) is 4.98 Å². The van der Waals surface area contributed by atoms with E-state index in [1.165, 1.54) is 18.4 Å². The van der Waals surface area contributed by atoms with Crippen LogP contribution in [-0.4, -0.2) is 21.9 Å². The zero-order chi connectivity index (χ0) is 11.4. The van der Waals surface area contributed by atoms with E-state index >= 15 is 0 Å². The van der Waals surface area contributed by atoms with E-state index in [0.717, 1.165) is 17.4 Å². The molecule has 1 unspecified atom stereocenters. The monoisotopic (exact) mass is 235 g/mol. The Kier molecular flexibility index (Phi) is 3.83. The molecule has 0 saturated carbocycles. The fourth-order valence-electron chi connectivity index (χ4n) is 1.67. The Balaban J connectivity index is 1.95. The number of aryl methyl sites for hydroxylation is 1. The number of thioether (sulfide) groups is 1. The van der Waals surface area contributed by atoms with Crippen LogP contribution in [-0.2, 0) is 0 Å². The second kappa shape index (κ2) is 5.34. The van der Waals surface area contributed by atoms with Gasteiger partial charge in [-0.3, -0.25) is 9.98 Å². The Hall–Kier alpha value is -1.03. The van der Waals surface area contributed by atoms with Crippen LogP contribution < -0.4 is 5.32 Å². The van der Waals surface area contributed by atoms with E-state index in [1.807, 2.05) is 30.2 Å². The number of anilines is 1. The van der Waals surface area contributed by atoms with Gasteiger partial charge in [-0.1, -0.05) is 25.1 Å². The van der Waals surface area contributed by atoms with Crippen molar-refractivity contribution >= 4 is 22.6 Å². The van der Waals surface area contributed by atoms with E-state index in [-0.39, 0.29) is 0 Å². The van der Waals surface area contributed by atoms with E-state index in [0.29, 0.717) is 5.25 Å². The number of aliphatic imine (C=N–C) groups is 1. The number of aromatic nitrogens is 1. The maximum absolute atomic E-state index is 4.51. The van der Waals surface area contributed by atoms with Crippen molar-refractivity contribution in [3.8, 4) is 0 Å². The SMILES string of the molecule is CCCC1CN=C(Nc2cnccc2C)S1. The Labute approximate surface area is 101 Å². The molecule has 0 saturated heterocycles.